The van der Waals surface area contributed by atoms with E-state index in [1.165, 1.54) is 0 Å². The highest BCUT2D eigenvalue weighted by Crippen LogP contribution is 2.41. The fourth-order valence-electron chi connectivity index (χ4n) is 2.25. The molecule has 0 saturated carbocycles. The average molecular weight is 276 g/mol. The number of rotatable bonds is 4. The first kappa shape index (κ1) is 14.3. The Morgan fingerprint density at radius 1 is 1.10 bits per heavy atom. The van der Waals surface area contributed by atoms with Gasteiger partial charge >= 0.3 is 11.9 Å². The van der Waals surface area contributed by atoms with E-state index in [9.17, 15) is 14.7 Å². The van der Waals surface area contributed by atoms with E-state index in [0.717, 1.165) is 0 Å². The van der Waals surface area contributed by atoms with Crippen LogP contribution in [0.2, 0.25) is 0 Å². The molecule has 1 aromatic rings. The van der Waals surface area contributed by atoms with E-state index in [1.54, 1.807) is 38.1 Å². The number of esters is 2. The molecule has 1 aromatic carbocycles. The molecule has 1 N–H and O–H groups in total. The Morgan fingerprint density at radius 2 is 1.70 bits per heavy atom. The van der Waals surface area contributed by atoms with Crippen LogP contribution in [-0.2, 0) is 19.1 Å². The van der Waals surface area contributed by atoms with Gasteiger partial charge in [-0.15, -0.1) is 0 Å². The Bertz CT molecular complexity index is 573. The zero-order valence-electron chi connectivity index (χ0n) is 11.4. The fourth-order valence-corrected chi connectivity index (χ4v) is 2.25. The lowest BCUT2D eigenvalue weighted by Crippen LogP contribution is -2.15. The Morgan fingerprint density at radius 3 is 2.35 bits per heavy atom. The van der Waals surface area contributed by atoms with Crippen LogP contribution in [0.25, 0.3) is 5.57 Å². The second kappa shape index (κ2) is 5.88. The third-order valence-electron chi connectivity index (χ3n) is 3.04. The highest BCUT2D eigenvalue weighted by atomic mass is 16.5. The fraction of sp³-hybridized carbons (Fsp3) is 0.333. The third kappa shape index (κ3) is 2.32. The molecule has 0 spiro atoms. The van der Waals surface area contributed by atoms with Crippen molar-refractivity contribution in [2.24, 2.45) is 0 Å². The van der Waals surface area contributed by atoms with Crippen molar-refractivity contribution in [3.05, 3.63) is 41.0 Å². The van der Waals surface area contributed by atoms with E-state index in [0.29, 0.717) is 11.1 Å². The molecule has 0 saturated heterocycles. The summed E-state index contributed by atoms with van der Waals surface area (Å²) in [4.78, 5) is 24.1. The second-order valence-electron chi connectivity index (χ2n) is 4.22. The number of benzene rings is 1. The molecule has 0 heterocycles. The van der Waals surface area contributed by atoms with Gasteiger partial charge in [0.2, 0.25) is 0 Å². The Hall–Kier alpha value is -2.14. The van der Waals surface area contributed by atoms with Gasteiger partial charge in [-0.25, -0.2) is 9.59 Å². The average Bonchev–Trinajstić information content (AvgIpc) is 2.73. The molecule has 0 aliphatic heterocycles. The predicted octanol–water partition coefficient (Wildman–Crippen LogP) is 1.61. The summed E-state index contributed by atoms with van der Waals surface area (Å²) < 4.78 is 9.90. The van der Waals surface area contributed by atoms with Gasteiger partial charge in [0, 0.05) is 0 Å². The van der Waals surface area contributed by atoms with Crippen molar-refractivity contribution in [3.8, 4) is 0 Å². The number of aliphatic hydroxyl groups is 1. The predicted molar refractivity (Wildman–Crippen MR) is 71.6 cm³/mol. The minimum absolute atomic E-state index is 0.0495. The summed E-state index contributed by atoms with van der Waals surface area (Å²) in [6, 6.07) is 6.82. The lowest BCUT2D eigenvalue weighted by molar-refractivity contribution is -0.141. The molecule has 20 heavy (non-hydrogen) atoms. The number of hydrogen-bond donors (Lipinski definition) is 1. The maximum absolute atomic E-state index is 12.1. The number of ether oxygens (including phenoxy) is 2. The van der Waals surface area contributed by atoms with Crippen LogP contribution in [0.3, 0.4) is 0 Å². The number of carbonyl (C=O) groups is 2. The van der Waals surface area contributed by atoms with Gasteiger partial charge in [-0.3, -0.25) is 0 Å². The zero-order chi connectivity index (χ0) is 14.7. The topological polar surface area (TPSA) is 72.8 Å². The lowest BCUT2D eigenvalue weighted by atomic mass is 10.1. The van der Waals surface area contributed by atoms with Gasteiger partial charge in [0.25, 0.3) is 0 Å². The largest absolute Gasteiger partial charge is 0.463 e. The van der Waals surface area contributed by atoms with Crippen LogP contribution < -0.4 is 0 Å². The van der Waals surface area contributed by atoms with E-state index >= 15 is 0 Å². The van der Waals surface area contributed by atoms with Gasteiger partial charge < -0.3 is 14.6 Å². The molecule has 5 heteroatoms. The molecule has 2 rings (SSSR count). The molecule has 1 aliphatic carbocycles. The number of hydrogen-bond acceptors (Lipinski definition) is 5. The van der Waals surface area contributed by atoms with E-state index in [1.807, 2.05) is 0 Å². The quantitative estimate of drug-likeness (QED) is 0.846. The summed E-state index contributed by atoms with van der Waals surface area (Å²) >= 11 is 0. The van der Waals surface area contributed by atoms with E-state index in [2.05, 4.69) is 0 Å². The Kier molecular flexibility index (Phi) is 4.20. The summed E-state index contributed by atoms with van der Waals surface area (Å²) in [7, 11) is 0. The maximum atomic E-state index is 12.1. The highest BCUT2D eigenvalue weighted by molar-refractivity contribution is 6.25. The minimum Gasteiger partial charge on any atom is -0.463 e. The van der Waals surface area contributed by atoms with Crippen LogP contribution >= 0.6 is 0 Å². The summed E-state index contributed by atoms with van der Waals surface area (Å²) in [5.74, 6) is -1.32. The summed E-state index contributed by atoms with van der Waals surface area (Å²) in [5, 5.41) is 10.3. The monoisotopic (exact) mass is 276 g/mol. The van der Waals surface area contributed by atoms with Gasteiger partial charge in [0.05, 0.1) is 24.4 Å². The molecule has 0 bridgehead atoms. The van der Waals surface area contributed by atoms with Gasteiger partial charge in [-0.2, -0.15) is 0 Å². The first-order valence-corrected chi connectivity index (χ1v) is 6.47. The molecular weight excluding hydrogens is 260 g/mol. The maximum Gasteiger partial charge on any atom is 0.339 e. The highest BCUT2D eigenvalue weighted by Gasteiger charge is 2.38. The molecule has 1 unspecified atom stereocenters. The van der Waals surface area contributed by atoms with Crippen molar-refractivity contribution in [2.75, 3.05) is 13.2 Å². The van der Waals surface area contributed by atoms with Crippen molar-refractivity contribution < 1.29 is 24.2 Å². The minimum atomic E-state index is -1.16. The third-order valence-corrected chi connectivity index (χ3v) is 3.04. The van der Waals surface area contributed by atoms with Crippen molar-refractivity contribution in [2.45, 2.75) is 20.0 Å². The Balaban J connectivity index is 2.54. The van der Waals surface area contributed by atoms with Crippen molar-refractivity contribution in [1.82, 2.24) is 0 Å². The van der Waals surface area contributed by atoms with Crippen molar-refractivity contribution >= 4 is 17.5 Å². The molecule has 0 amide bonds. The molecule has 5 nitrogen and oxygen atoms in total. The number of aliphatic hydroxyl groups excluding tert-OH is 1. The molecule has 0 radical (unpaired) electrons. The second-order valence-corrected chi connectivity index (χ2v) is 4.22. The first-order valence-electron chi connectivity index (χ1n) is 6.47. The van der Waals surface area contributed by atoms with Crippen molar-refractivity contribution in [3.63, 3.8) is 0 Å². The SMILES string of the molecule is CCOC(=O)C1=C(C(=O)OCC)C(O)c2ccccc21. The van der Waals surface area contributed by atoms with Gasteiger partial charge in [0.15, 0.2) is 0 Å². The molecular formula is C15H16O5. The van der Waals surface area contributed by atoms with Crippen LogP contribution in [0.4, 0.5) is 0 Å². The van der Waals surface area contributed by atoms with Crippen LogP contribution in [0.5, 0.6) is 0 Å². The zero-order valence-corrected chi connectivity index (χ0v) is 11.4. The van der Waals surface area contributed by atoms with E-state index < -0.39 is 18.0 Å². The summed E-state index contributed by atoms with van der Waals surface area (Å²) in [6.45, 7) is 3.70. The van der Waals surface area contributed by atoms with E-state index in [4.69, 9.17) is 9.47 Å². The molecule has 106 valence electrons. The lowest BCUT2D eigenvalue weighted by Gasteiger charge is -2.09. The standard InChI is InChI=1S/C15H16O5/c1-3-19-14(17)11-9-7-5-6-8-10(9)13(16)12(11)15(18)20-4-2/h5-8,13,16H,3-4H2,1-2H3. The number of fused-ring (bicyclic) bond motifs is 1. The van der Waals surface area contributed by atoms with E-state index in [-0.39, 0.29) is 24.4 Å². The Labute approximate surface area is 116 Å². The van der Waals surface area contributed by atoms with Gasteiger partial charge in [-0.1, -0.05) is 24.3 Å². The van der Waals surface area contributed by atoms with Crippen LogP contribution in [-0.4, -0.2) is 30.3 Å². The molecule has 1 atom stereocenters. The van der Waals surface area contributed by atoms with Crippen LogP contribution in [0.1, 0.15) is 31.1 Å². The first-order chi connectivity index (χ1) is 9.61. The smallest absolute Gasteiger partial charge is 0.339 e. The van der Waals surface area contributed by atoms with Crippen LogP contribution in [0.15, 0.2) is 29.8 Å². The van der Waals surface area contributed by atoms with Gasteiger partial charge in [-0.05, 0) is 25.0 Å². The van der Waals surface area contributed by atoms with Crippen molar-refractivity contribution in [1.29, 1.82) is 0 Å². The normalized spacial score (nSPS) is 16.9. The summed E-state index contributed by atoms with van der Waals surface area (Å²) in [5.41, 5.74) is 1.07. The van der Waals surface area contributed by atoms with Gasteiger partial charge in [0.1, 0.15) is 6.10 Å². The molecule has 0 fully saturated rings. The molecule has 0 aromatic heterocycles. The number of carbonyl (C=O) groups excluding carboxylic acids is 2. The van der Waals surface area contributed by atoms with Crippen LogP contribution in [0, 0.1) is 0 Å². The summed E-state index contributed by atoms with van der Waals surface area (Å²) in [6.07, 6.45) is -1.16. The molecule has 1 aliphatic rings.